The number of fused-ring (bicyclic) bond motifs is 1. The number of hydrogen-bond acceptors (Lipinski definition) is 6. The van der Waals surface area contributed by atoms with E-state index < -0.39 is 16.0 Å². The summed E-state index contributed by atoms with van der Waals surface area (Å²) < 4.78 is 25.0. The number of nitrogens with zero attached hydrogens (tertiary/aromatic N) is 3. The van der Waals surface area contributed by atoms with Crippen LogP contribution in [-0.4, -0.2) is 52.9 Å². The number of hydrogen-bond donors (Lipinski definition) is 2. The van der Waals surface area contributed by atoms with Gasteiger partial charge in [0.05, 0.1) is 10.4 Å². The van der Waals surface area contributed by atoms with Gasteiger partial charge < -0.3 is 10.0 Å². The van der Waals surface area contributed by atoms with Crippen LogP contribution in [0, 0.1) is 0 Å². The highest BCUT2D eigenvalue weighted by Crippen LogP contribution is 2.30. The van der Waals surface area contributed by atoms with Crippen LogP contribution in [0.4, 0.5) is 0 Å². The Balaban J connectivity index is 1.57. The van der Waals surface area contributed by atoms with Crippen LogP contribution in [0.25, 0.3) is 16.0 Å². The van der Waals surface area contributed by atoms with Crippen molar-refractivity contribution in [3.05, 3.63) is 76.4 Å². The molecular formula is C25H24N4O5S2. The van der Waals surface area contributed by atoms with Gasteiger partial charge in [-0.3, -0.25) is 9.36 Å². The van der Waals surface area contributed by atoms with Crippen LogP contribution < -0.4 is 5.14 Å². The number of piperidine rings is 1. The fraction of sp³-hybridized carbons (Fsp3) is 0.240. The van der Waals surface area contributed by atoms with Crippen molar-refractivity contribution in [2.75, 3.05) is 13.1 Å². The van der Waals surface area contributed by atoms with Crippen LogP contribution in [-0.2, 0) is 16.4 Å². The predicted molar refractivity (Wildman–Crippen MR) is 136 cm³/mol. The highest BCUT2D eigenvalue weighted by atomic mass is 32.2. The second-order valence-corrected chi connectivity index (χ2v) is 11.2. The quantitative estimate of drug-likeness (QED) is 0.395. The molecule has 0 unspecified atom stereocenters. The van der Waals surface area contributed by atoms with Crippen LogP contribution in [0.1, 0.15) is 51.2 Å². The summed E-state index contributed by atoms with van der Waals surface area (Å²) in [5.74, 6) is -1.13. The minimum Gasteiger partial charge on any atom is -0.476 e. The van der Waals surface area contributed by atoms with Gasteiger partial charge in [0.2, 0.25) is 10.0 Å². The molecule has 1 aliphatic rings. The van der Waals surface area contributed by atoms with Crippen molar-refractivity contribution in [3.63, 3.8) is 0 Å². The molecule has 3 N–H and O–H groups in total. The minimum atomic E-state index is -3.78. The Hall–Kier alpha value is -3.54. The number of primary sulfonamides is 1. The molecule has 36 heavy (non-hydrogen) atoms. The lowest BCUT2D eigenvalue weighted by atomic mass is 10.0. The molecule has 9 nitrogen and oxygen atoms in total. The summed E-state index contributed by atoms with van der Waals surface area (Å²) in [4.78, 5) is 30.7. The second kappa shape index (κ2) is 9.49. The van der Waals surface area contributed by atoms with Gasteiger partial charge in [-0.2, -0.15) is 0 Å². The number of amides is 1. The number of thiazole rings is 1. The van der Waals surface area contributed by atoms with E-state index in [4.69, 9.17) is 5.14 Å². The summed E-state index contributed by atoms with van der Waals surface area (Å²) in [6.45, 7) is 1.48. The number of carboxylic acids is 1. The summed E-state index contributed by atoms with van der Waals surface area (Å²) >= 11 is 1.21. The fourth-order valence-electron chi connectivity index (χ4n) is 4.50. The van der Waals surface area contributed by atoms with Gasteiger partial charge in [-0.25, -0.2) is 23.3 Å². The highest BCUT2D eigenvalue weighted by Gasteiger charge is 2.21. The average Bonchev–Trinajstić information content (AvgIpc) is 3.49. The van der Waals surface area contributed by atoms with Crippen molar-refractivity contribution in [2.24, 2.45) is 5.14 Å². The van der Waals surface area contributed by atoms with Gasteiger partial charge in [-0.15, -0.1) is 11.3 Å². The van der Waals surface area contributed by atoms with E-state index in [1.165, 1.54) is 28.8 Å². The van der Waals surface area contributed by atoms with Gasteiger partial charge in [-0.1, -0.05) is 18.2 Å². The van der Waals surface area contributed by atoms with E-state index >= 15 is 0 Å². The summed E-state index contributed by atoms with van der Waals surface area (Å²) in [5, 5.41) is 17.4. The Labute approximate surface area is 211 Å². The molecule has 5 rings (SSSR count). The summed E-state index contributed by atoms with van der Waals surface area (Å²) in [7, 11) is -3.78. The van der Waals surface area contributed by atoms with Crippen molar-refractivity contribution >= 4 is 44.1 Å². The van der Waals surface area contributed by atoms with Crippen LogP contribution in [0.5, 0.6) is 0 Å². The number of carboxylic acid groups (broad SMARTS) is 1. The van der Waals surface area contributed by atoms with Gasteiger partial charge in [0.15, 0.2) is 10.8 Å². The molecule has 1 aliphatic heterocycles. The lowest BCUT2D eigenvalue weighted by Gasteiger charge is -2.26. The van der Waals surface area contributed by atoms with Crippen LogP contribution in [0.15, 0.2) is 58.9 Å². The maximum Gasteiger partial charge on any atom is 0.355 e. The number of carbonyl (C=O) groups excluding carboxylic acids is 1. The Bertz CT molecular complexity index is 1570. The lowest BCUT2D eigenvalue weighted by molar-refractivity contribution is 0.0689. The van der Waals surface area contributed by atoms with Gasteiger partial charge in [0.25, 0.3) is 5.91 Å². The molecule has 2 aromatic heterocycles. The summed E-state index contributed by atoms with van der Waals surface area (Å²) in [6.07, 6.45) is 5.50. The minimum absolute atomic E-state index is 0.0187. The van der Waals surface area contributed by atoms with Gasteiger partial charge in [-0.05, 0) is 61.1 Å². The van der Waals surface area contributed by atoms with Crippen LogP contribution in [0.2, 0.25) is 0 Å². The van der Waals surface area contributed by atoms with Crippen molar-refractivity contribution in [1.29, 1.82) is 0 Å². The fourth-order valence-corrected chi connectivity index (χ4v) is 5.80. The smallest absolute Gasteiger partial charge is 0.355 e. The van der Waals surface area contributed by atoms with Crippen LogP contribution >= 0.6 is 11.3 Å². The first-order valence-corrected chi connectivity index (χ1v) is 13.9. The maximum absolute atomic E-state index is 13.2. The number of benzene rings is 2. The normalized spacial score (nSPS) is 14.3. The standard InChI is InChI=1S/C25H24N4O5S2/c26-36(33,34)19-7-4-16(5-8-19)12-18-14-29(25-27-21(15-35-25)24(31)32)22-13-17(6-9-20(18)22)23(30)28-10-2-1-3-11-28/h4-9,13-15H,1-3,10-12H2,(H,31,32)(H2,26,33,34). The zero-order valence-electron chi connectivity index (χ0n) is 19.3. The molecule has 0 bridgehead atoms. The zero-order chi connectivity index (χ0) is 25.4. The number of aromatic nitrogens is 2. The van der Waals surface area contributed by atoms with E-state index in [9.17, 15) is 23.1 Å². The number of nitrogens with two attached hydrogens (primary N) is 1. The molecule has 11 heteroatoms. The Morgan fingerprint density at radius 2 is 1.78 bits per heavy atom. The van der Waals surface area contributed by atoms with Crippen LogP contribution in [0.3, 0.4) is 0 Å². The highest BCUT2D eigenvalue weighted by molar-refractivity contribution is 7.89. The third-order valence-electron chi connectivity index (χ3n) is 6.34. The molecule has 1 saturated heterocycles. The SMILES string of the molecule is NS(=O)(=O)c1ccc(Cc2cn(-c3nc(C(=O)O)cs3)c3cc(C(=O)N4CCCCC4)ccc23)cc1. The van der Waals surface area contributed by atoms with E-state index in [2.05, 4.69) is 4.98 Å². The van der Waals surface area contributed by atoms with Crippen molar-refractivity contribution in [2.45, 2.75) is 30.6 Å². The molecule has 3 heterocycles. The molecule has 4 aromatic rings. The zero-order valence-corrected chi connectivity index (χ0v) is 20.9. The molecule has 0 atom stereocenters. The van der Waals surface area contributed by atoms with E-state index in [1.807, 2.05) is 33.9 Å². The predicted octanol–water partition coefficient (Wildman–Crippen LogP) is 3.65. The van der Waals surface area contributed by atoms with E-state index in [-0.39, 0.29) is 16.5 Å². The van der Waals surface area contributed by atoms with Gasteiger partial charge in [0.1, 0.15) is 0 Å². The summed E-state index contributed by atoms with van der Waals surface area (Å²) in [6, 6.07) is 11.9. The summed E-state index contributed by atoms with van der Waals surface area (Å²) in [5.41, 5.74) is 3.08. The van der Waals surface area contributed by atoms with E-state index in [1.54, 1.807) is 12.1 Å². The molecule has 0 aliphatic carbocycles. The number of sulfonamides is 1. The molecule has 0 saturated carbocycles. The maximum atomic E-state index is 13.2. The topological polar surface area (TPSA) is 136 Å². The third-order valence-corrected chi connectivity index (χ3v) is 8.11. The Morgan fingerprint density at radius 1 is 1.06 bits per heavy atom. The molecular weight excluding hydrogens is 500 g/mol. The Morgan fingerprint density at radius 3 is 2.42 bits per heavy atom. The third kappa shape index (κ3) is 4.77. The number of aromatic carboxylic acids is 1. The first kappa shape index (κ1) is 24.2. The van der Waals surface area contributed by atoms with E-state index in [0.717, 1.165) is 54.4 Å². The van der Waals surface area contributed by atoms with E-state index in [0.29, 0.717) is 17.1 Å². The molecule has 1 fully saturated rings. The molecule has 0 spiro atoms. The number of carbonyl (C=O) groups is 2. The number of likely N-dealkylation sites (tertiary alicyclic amines) is 1. The molecule has 0 radical (unpaired) electrons. The van der Waals surface area contributed by atoms with Gasteiger partial charge in [0, 0.05) is 35.6 Å². The van der Waals surface area contributed by atoms with Crippen molar-refractivity contribution in [3.8, 4) is 5.13 Å². The van der Waals surface area contributed by atoms with Crippen molar-refractivity contribution in [1.82, 2.24) is 14.5 Å². The first-order valence-electron chi connectivity index (χ1n) is 11.4. The van der Waals surface area contributed by atoms with Gasteiger partial charge >= 0.3 is 5.97 Å². The molecule has 186 valence electrons. The molecule has 2 aromatic carbocycles. The number of rotatable bonds is 6. The Kier molecular flexibility index (Phi) is 6.37. The van der Waals surface area contributed by atoms with Crippen molar-refractivity contribution < 1.29 is 23.1 Å². The lowest BCUT2D eigenvalue weighted by Crippen LogP contribution is -2.35. The largest absolute Gasteiger partial charge is 0.476 e. The molecule has 1 amide bonds. The average molecular weight is 525 g/mol. The first-order chi connectivity index (χ1) is 17.2. The monoisotopic (exact) mass is 524 g/mol. The second-order valence-electron chi connectivity index (χ2n) is 8.80.